The molecular formula is C13H20N2O7S2. The van der Waals surface area contributed by atoms with Gasteiger partial charge in [-0.25, -0.2) is 16.8 Å². The van der Waals surface area contributed by atoms with Crippen LogP contribution >= 0.6 is 0 Å². The highest BCUT2D eigenvalue weighted by molar-refractivity contribution is 7.92. The van der Waals surface area contributed by atoms with Crippen molar-refractivity contribution in [2.75, 3.05) is 27.0 Å². The summed E-state index contributed by atoms with van der Waals surface area (Å²) >= 11 is 0. The van der Waals surface area contributed by atoms with Gasteiger partial charge < -0.3 is 4.74 Å². The van der Waals surface area contributed by atoms with Gasteiger partial charge in [0.15, 0.2) is 9.84 Å². The van der Waals surface area contributed by atoms with Crippen molar-refractivity contribution >= 4 is 25.5 Å². The summed E-state index contributed by atoms with van der Waals surface area (Å²) in [6.45, 7) is 2.48. The SMILES string of the molecule is COc1ccc([N+](=O)[O-])cc1S(=O)(=O)N(C)CC(C)(C)S(C)(=O)=O. The molecule has 0 atom stereocenters. The molecule has 24 heavy (non-hydrogen) atoms. The predicted molar refractivity (Wildman–Crippen MR) is 88.4 cm³/mol. The number of non-ortho nitro benzene ring substituents is 1. The molecule has 0 amide bonds. The molecular weight excluding hydrogens is 360 g/mol. The second-order valence-electron chi connectivity index (χ2n) is 5.89. The molecule has 0 heterocycles. The second kappa shape index (κ2) is 6.65. The molecule has 0 bridgehead atoms. The van der Waals surface area contributed by atoms with Gasteiger partial charge in [-0.3, -0.25) is 10.1 Å². The molecule has 0 aromatic heterocycles. The van der Waals surface area contributed by atoms with Gasteiger partial charge in [-0.15, -0.1) is 0 Å². The van der Waals surface area contributed by atoms with Gasteiger partial charge in [0, 0.05) is 32.0 Å². The van der Waals surface area contributed by atoms with Crippen molar-refractivity contribution < 1.29 is 26.5 Å². The molecule has 0 aliphatic carbocycles. The fourth-order valence-corrected chi connectivity index (χ4v) is 3.90. The van der Waals surface area contributed by atoms with Crippen LogP contribution in [0.5, 0.6) is 5.75 Å². The van der Waals surface area contributed by atoms with E-state index in [9.17, 15) is 26.9 Å². The lowest BCUT2D eigenvalue weighted by Gasteiger charge is -2.28. The molecule has 0 aliphatic rings. The van der Waals surface area contributed by atoms with Gasteiger partial charge in [0.25, 0.3) is 5.69 Å². The smallest absolute Gasteiger partial charge is 0.271 e. The minimum atomic E-state index is -4.19. The Morgan fingerprint density at radius 2 is 1.79 bits per heavy atom. The van der Waals surface area contributed by atoms with Gasteiger partial charge in [-0.1, -0.05) is 0 Å². The largest absolute Gasteiger partial charge is 0.495 e. The van der Waals surface area contributed by atoms with Crippen molar-refractivity contribution in [3.63, 3.8) is 0 Å². The van der Waals surface area contributed by atoms with Crippen molar-refractivity contribution in [2.24, 2.45) is 0 Å². The van der Waals surface area contributed by atoms with E-state index in [0.29, 0.717) is 0 Å². The minimum absolute atomic E-state index is 0.0652. The Kier molecular flexibility index (Phi) is 5.63. The first-order valence-electron chi connectivity index (χ1n) is 6.72. The fraction of sp³-hybridized carbons (Fsp3) is 0.538. The molecule has 1 aromatic rings. The number of nitro groups is 1. The topological polar surface area (TPSA) is 124 Å². The maximum absolute atomic E-state index is 12.7. The van der Waals surface area contributed by atoms with E-state index >= 15 is 0 Å². The van der Waals surface area contributed by atoms with Crippen LogP contribution in [0.15, 0.2) is 23.1 Å². The van der Waals surface area contributed by atoms with Crippen LogP contribution in [0.3, 0.4) is 0 Å². The fourth-order valence-electron chi connectivity index (χ4n) is 1.89. The first-order valence-corrected chi connectivity index (χ1v) is 10.1. The highest BCUT2D eigenvalue weighted by Crippen LogP contribution is 2.31. The Labute approximate surface area is 141 Å². The van der Waals surface area contributed by atoms with Crippen LogP contribution in [0.25, 0.3) is 0 Å². The molecule has 136 valence electrons. The van der Waals surface area contributed by atoms with Gasteiger partial charge in [-0.05, 0) is 19.9 Å². The monoisotopic (exact) mass is 380 g/mol. The van der Waals surface area contributed by atoms with Crippen molar-refractivity contribution in [1.29, 1.82) is 0 Å². The maximum atomic E-state index is 12.7. The summed E-state index contributed by atoms with van der Waals surface area (Å²) in [5.74, 6) is -0.0652. The van der Waals surface area contributed by atoms with Gasteiger partial charge in [-0.2, -0.15) is 4.31 Å². The molecule has 0 saturated carbocycles. The van der Waals surface area contributed by atoms with E-state index in [1.807, 2.05) is 0 Å². The molecule has 1 aromatic carbocycles. The number of methoxy groups -OCH3 is 1. The molecule has 0 radical (unpaired) electrons. The van der Waals surface area contributed by atoms with Crippen LogP contribution in [0.2, 0.25) is 0 Å². The third kappa shape index (κ3) is 4.02. The standard InChI is InChI=1S/C13H20N2O7S2/c1-13(2,23(5,18)19)9-14(3)24(20,21)12-8-10(15(16)17)6-7-11(12)22-4/h6-8H,9H2,1-5H3. The number of nitrogens with zero attached hydrogens (tertiary/aromatic N) is 2. The summed E-state index contributed by atoms with van der Waals surface area (Å²) in [5, 5.41) is 10.9. The van der Waals surface area contributed by atoms with Gasteiger partial charge in [0.2, 0.25) is 10.0 Å². The predicted octanol–water partition coefficient (Wildman–Crippen LogP) is 1.05. The normalized spacial score (nSPS) is 13.1. The Morgan fingerprint density at radius 1 is 1.25 bits per heavy atom. The summed E-state index contributed by atoms with van der Waals surface area (Å²) < 4.78 is 53.5. The van der Waals surface area contributed by atoms with Crippen LogP contribution in [0.4, 0.5) is 5.69 Å². The second-order valence-corrected chi connectivity index (χ2v) is 10.5. The Bertz CT molecular complexity index is 845. The van der Waals surface area contributed by atoms with Gasteiger partial charge in [0.1, 0.15) is 10.6 Å². The minimum Gasteiger partial charge on any atom is -0.495 e. The third-order valence-electron chi connectivity index (χ3n) is 3.65. The van der Waals surface area contributed by atoms with Crippen LogP contribution in [0, 0.1) is 10.1 Å². The number of hydrogen-bond donors (Lipinski definition) is 0. The molecule has 11 heteroatoms. The Hall–Kier alpha value is -1.72. The van der Waals surface area contributed by atoms with E-state index in [-0.39, 0.29) is 12.3 Å². The van der Waals surface area contributed by atoms with Crippen molar-refractivity contribution in [1.82, 2.24) is 4.31 Å². The lowest BCUT2D eigenvalue weighted by Crippen LogP contribution is -2.44. The molecule has 0 spiro atoms. The molecule has 0 saturated heterocycles. The van der Waals surface area contributed by atoms with E-state index in [1.54, 1.807) is 0 Å². The zero-order valence-electron chi connectivity index (χ0n) is 14.0. The van der Waals surface area contributed by atoms with Crippen LogP contribution in [0.1, 0.15) is 13.8 Å². The Morgan fingerprint density at radius 3 is 2.21 bits per heavy atom. The summed E-state index contributed by atoms with van der Waals surface area (Å²) in [6.07, 6.45) is 1.02. The van der Waals surface area contributed by atoms with E-state index in [0.717, 1.165) is 22.7 Å². The Balaban J connectivity index is 3.39. The highest BCUT2D eigenvalue weighted by atomic mass is 32.2. The van der Waals surface area contributed by atoms with E-state index in [2.05, 4.69) is 0 Å². The summed E-state index contributed by atoms with van der Waals surface area (Å²) in [5.41, 5.74) is -0.412. The first kappa shape index (κ1) is 20.3. The van der Waals surface area contributed by atoms with Crippen LogP contribution in [-0.2, 0) is 19.9 Å². The molecule has 9 nitrogen and oxygen atoms in total. The molecule has 0 unspecified atom stereocenters. The average Bonchev–Trinajstić information content (AvgIpc) is 2.44. The number of benzene rings is 1. The number of sulfonamides is 1. The van der Waals surface area contributed by atoms with E-state index in [4.69, 9.17) is 4.74 Å². The van der Waals surface area contributed by atoms with Crippen molar-refractivity contribution in [3.05, 3.63) is 28.3 Å². The molecule has 0 N–H and O–H groups in total. The highest BCUT2D eigenvalue weighted by Gasteiger charge is 2.36. The zero-order valence-corrected chi connectivity index (χ0v) is 15.6. The first-order chi connectivity index (χ1) is 10.7. The van der Waals surface area contributed by atoms with E-state index < -0.39 is 40.1 Å². The van der Waals surface area contributed by atoms with Crippen molar-refractivity contribution in [3.8, 4) is 5.75 Å². The summed E-state index contributed by atoms with van der Waals surface area (Å²) in [6, 6.07) is 3.19. The maximum Gasteiger partial charge on any atom is 0.271 e. The summed E-state index contributed by atoms with van der Waals surface area (Å²) in [7, 11) is -5.27. The van der Waals surface area contributed by atoms with Crippen LogP contribution < -0.4 is 4.74 Å². The zero-order chi connectivity index (χ0) is 18.9. The summed E-state index contributed by atoms with van der Waals surface area (Å²) in [4.78, 5) is 9.77. The molecule has 0 fully saturated rings. The number of nitro benzene ring substituents is 1. The lowest BCUT2D eigenvalue weighted by atomic mass is 10.2. The molecule has 1 rings (SSSR count). The lowest BCUT2D eigenvalue weighted by molar-refractivity contribution is -0.385. The van der Waals surface area contributed by atoms with Crippen molar-refractivity contribution in [2.45, 2.75) is 23.5 Å². The van der Waals surface area contributed by atoms with E-state index in [1.165, 1.54) is 34.1 Å². The molecule has 0 aliphatic heterocycles. The van der Waals surface area contributed by atoms with Gasteiger partial charge in [0.05, 0.1) is 16.8 Å². The number of rotatable bonds is 7. The third-order valence-corrected chi connectivity index (χ3v) is 7.61. The quantitative estimate of drug-likeness (QED) is 0.511. The van der Waals surface area contributed by atoms with Crippen LogP contribution in [-0.4, -0.2) is 57.8 Å². The number of hydrogen-bond acceptors (Lipinski definition) is 7. The number of sulfone groups is 1. The van der Waals surface area contributed by atoms with Gasteiger partial charge >= 0.3 is 0 Å². The average molecular weight is 380 g/mol. The number of ether oxygens (including phenoxy) is 1.